The van der Waals surface area contributed by atoms with Crippen LogP contribution in [0, 0.1) is 23.5 Å². The maximum absolute atomic E-state index is 14.0. The van der Waals surface area contributed by atoms with Crippen molar-refractivity contribution >= 4 is 11.8 Å². The van der Waals surface area contributed by atoms with E-state index in [9.17, 15) is 18.4 Å². The predicted octanol–water partition coefficient (Wildman–Crippen LogP) is 1.55. The molecule has 0 saturated carbocycles. The number of benzene rings is 1. The molecule has 1 aliphatic rings. The highest BCUT2D eigenvalue weighted by atomic mass is 19.1. The van der Waals surface area contributed by atoms with Gasteiger partial charge in [0.25, 0.3) is 5.91 Å². The van der Waals surface area contributed by atoms with Gasteiger partial charge in [0, 0.05) is 13.1 Å². The Bertz CT molecular complexity index is 785. The first-order valence-electron chi connectivity index (χ1n) is 7.46. The molecule has 3 rings (SSSR count). The van der Waals surface area contributed by atoms with Gasteiger partial charge in [0.1, 0.15) is 11.6 Å². The number of rotatable bonds is 3. The molecule has 0 aliphatic carbocycles. The van der Waals surface area contributed by atoms with Gasteiger partial charge in [-0.25, -0.2) is 8.78 Å². The van der Waals surface area contributed by atoms with E-state index in [1.54, 1.807) is 0 Å². The second-order valence-corrected chi connectivity index (χ2v) is 5.95. The Hall–Kier alpha value is -2.77. The SMILES string of the molecule is C[C@@H]1CN(C(=O)c2cn[nH]c2-c2c(F)cccc2F)C[C@H]1C(N)=O. The first-order valence-corrected chi connectivity index (χ1v) is 7.46. The molecular formula is C16H16F2N4O2. The van der Waals surface area contributed by atoms with Crippen LogP contribution in [0.25, 0.3) is 11.3 Å². The van der Waals surface area contributed by atoms with E-state index < -0.39 is 29.4 Å². The average molecular weight is 334 g/mol. The van der Waals surface area contributed by atoms with Crippen molar-refractivity contribution in [2.24, 2.45) is 17.6 Å². The van der Waals surface area contributed by atoms with Gasteiger partial charge in [0.2, 0.25) is 5.91 Å². The largest absolute Gasteiger partial charge is 0.369 e. The minimum absolute atomic E-state index is 0.0224. The molecule has 0 radical (unpaired) electrons. The van der Waals surface area contributed by atoms with Crippen LogP contribution in [0.15, 0.2) is 24.4 Å². The van der Waals surface area contributed by atoms with Crippen molar-refractivity contribution in [3.8, 4) is 11.3 Å². The number of hydrogen-bond donors (Lipinski definition) is 2. The number of hydrogen-bond acceptors (Lipinski definition) is 3. The van der Waals surface area contributed by atoms with Crippen LogP contribution in [0.3, 0.4) is 0 Å². The van der Waals surface area contributed by atoms with E-state index >= 15 is 0 Å². The van der Waals surface area contributed by atoms with Crippen molar-refractivity contribution in [2.75, 3.05) is 13.1 Å². The zero-order valence-corrected chi connectivity index (χ0v) is 12.9. The standard InChI is InChI=1S/C16H16F2N4O2/c1-8-6-22(7-10(8)15(19)23)16(24)9-5-20-21-14(9)13-11(17)3-2-4-12(13)18/h2-5,8,10H,6-7H2,1H3,(H2,19,23)(H,20,21)/t8-,10-/m1/s1. The van der Waals surface area contributed by atoms with E-state index in [0.29, 0.717) is 6.54 Å². The number of aromatic nitrogens is 2. The zero-order valence-electron chi connectivity index (χ0n) is 12.9. The first-order chi connectivity index (χ1) is 11.4. The number of H-pyrrole nitrogens is 1. The molecule has 126 valence electrons. The summed E-state index contributed by atoms with van der Waals surface area (Å²) in [5, 5.41) is 6.23. The fourth-order valence-corrected chi connectivity index (χ4v) is 3.05. The summed E-state index contributed by atoms with van der Waals surface area (Å²) in [6.45, 7) is 2.35. The number of primary amides is 1. The summed E-state index contributed by atoms with van der Waals surface area (Å²) in [6, 6.07) is 3.45. The number of aromatic amines is 1. The zero-order chi connectivity index (χ0) is 17.4. The molecule has 1 aromatic carbocycles. The molecule has 2 aromatic rings. The van der Waals surface area contributed by atoms with Crippen LogP contribution in [-0.2, 0) is 4.79 Å². The number of halogens is 2. The number of carbonyl (C=O) groups excluding carboxylic acids is 2. The molecule has 0 spiro atoms. The molecule has 0 unspecified atom stereocenters. The molecule has 1 saturated heterocycles. The highest BCUT2D eigenvalue weighted by Gasteiger charge is 2.37. The number of nitrogens with zero attached hydrogens (tertiary/aromatic N) is 2. The van der Waals surface area contributed by atoms with Crippen molar-refractivity contribution in [1.82, 2.24) is 15.1 Å². The lowest BCUT2D eigenvalue weighted by Gasteiger charge is -2.16. The Balaban J connectivity index is 1.94. The number of nitrogens with two attached hydrogens (primary N) is 1. The molecule has 2 heterocycles. The monoisotopic (exact) mass is 334 g/mol. The van der Waals surface area contributed by atoms with E-state index in [-0.39, 0.29) is 29.3 Å². The molecule has 6 nitrogen and oxygen atoms in total. The van der Waals surface area contributed by atoms with Gasteiger partial charge in [-0.2, -0.15) is 5.10 Å². The lowest BCUT2D eigenvalue weighted by molar-refractivity contribution is -0.122. The molecule has 24 heavy (non-hydrogen) atoms. The lowest BCUT2D eigenvalue weighted by Crippen LogP contribution is -2.32. The lowest BCUT2D eigenvalue weighted by atomic mass is 9.98. The van der Waals surface area contributed by atoms with E-state index in [1.165, 1.54) is 17.2 Å². The first kappa shape index (κ1) is 16.1. The number of nitrogens with one attached hydrogen (secondary N) is 1. The minimum Gasteiger partial charge on any atom is -0.369 e. The van der Waals surface area contributed by atoms with Gasteiger partial charge < -0.3 is 10.6 Å². The second-order valence-electron chi connectivity index (χ2n) is 5.95. The summed E-state index contributed by atoms with van der Waals surface area (Å²) in [5.74, 6) is -3.01. The molecule has 1 aromatic heterocycles. The Labute approximate surface area is 136 Å². The van der Waals surface area contributed by atoms with Crippen LogP contribution in [0.1, 0.15) is 17.3 Å². The van der Waals surface area contributed by atoms with Gasteiger partial charge in [-0.15, -0.1) is 0 Å². The van der Waals surface area contributed by atoms with Crippen LogP contribution >= 0.6 is 0 Å². The summed E-state index contributed by atoms with van der Waals surface area (Å²) < 4.78 is 28.0. The second kappa shape index (κ2) is 6.03. The van der Waals surface area contributed by atoms with Gasteiger partial charge in [-0.3, -0.25) is 14.7 Å². The van der Waals surface area contributed by atoms with Gasteiger partial charge in [-0.1, -0.05) is 13.0 Å². The molecule has 2 atom stereocenters. The molecule has 1 fully saturated rings. The van der Waals surface area contributed by atoms with Crippen LogP contribution in [0.4, 0.5) is 8.78 Å². The fourth-order valence-electron chi connectivity index (χ4n) is 3.05. The van der Waals surface area contributed by atoms with Gasteiger partial charge >= 0.3 is 0 Å². The molecular weight excluding hydrogens is 318 g/mol. The normalized spacial score (nSPS) is 20.4. The quantitative estimate of drug-likeness (QED) is 0.892. The fraction of sp³-hybridized carbons (Fsp3) is 0.312. The van der Waals surface area contributed by atoms with Gasteiger partial charge in [0.15, 0.2) is 0 Å². The third-order valence-corrected chi connectivity index (χ3v) is 4.35. The van der Waals surface area contributed by atoms with Crippen molar-refractivity contribution in [3.63, 3.8) is 0 Å². The highest BCUT2D eigenvalue weighted by Crippen LogP contribution is 2.30. The third-order valence-electron chi connectivity index (χ3n) is 4.35. The average Bonchev–Trinajstić information content (AvgIpc) is 3.13. The van der Waals surface area contributed by atoms with Crippen molar-refractivity contribution in [1.29, 1.82) is 0 Å². The van der Waals surface area contributed by atoms with E-state index in [1.807, 2.05) is 6.92 Å². The number of likely N-dealkylation sites (tertiary alicyclic amines) is 1. The summed E-state index contributed by atoms with van der Waals surface area (Å²) in [6.07, 6.45) is 1.23. The number of amides is 2. The summed E-state index contributed by atoms with van der Waals surface area (Å²) in [7, 11) is 0. The Morgan fingerprint density at radius 2 is 1.96 bits per heavy atom. The Morgan fingerprint density at radius 1 is 1.29 bits per heavy atom. The van der Waals surface area contributed by atoms with Gasteiger partial charge in [-0.05, 0) is 18.1 Å². The summed E-state index contributed by atoms with van der Waals surface area (Å²) in [5.41, 5.74) is 5.03. The van der Waals surface area contributed by atoms with Crippen LogP contribution in [0.5, 0.6) is 0 Å². The van der Waals surface area contributed by atoms with Crippen molar-refractivity contribution < 1.29 is 18.4 Å². The van der Waals surface area contributed by atoms with Crippen LogP contribution < -0.4 is 5.73 Å². The van der Waals surface area contributed by atoms with Crippen LogP contribution in [-0.4, -0.2) is 40.0 Å². The molecule has 3 N–H and O–H groups in total. The minimum atomic E-state index is -0.793. The van der Waals surface area contributed by atoms with E-state index in [4.69, 9.17) is 5.73 Å². The Kier molecular flexibility index (Phi) is 4.04. The molecule has 0 bridgehead atoms. The predicted molar refractivity (Wildman–Crippen MR) is 81.7 cm³/mol. The Morgan fingerprint density at radius 3 is 2.54 bits per heavy atom. The van der Waals surface area contributed by atoms with E-state index in [0.717, 1.165) is 12.1 Å². The van der Waals surface area contributed by atoms with Gasteiger partial charge in [0.05, 0.1) is 28.9 Å². The third kappa shape index (κ3) is 2.64. The maximum Gasteiger partial charge on any atom is 0.257 e. The topological polar surface area (TPSA) is 92.1 Å². The van der Waals surface area contributed by atoms with E-state index in [2.05, 4.69) is 10.2 Å². The van der Waals surface area contributed by atoms with Crippen molar-refractivity contribution in [3.05, 3.63) is 41.6 Å². The molecule has 2 amide bonds. The molecule has 1 aliphatic heterocycles. The maximum atomic E-state index is 14.0. The van der Waals surface area contributed by atoms with Crippen molar-refractivity contribution in [2.45, 2.75) is 6.92 Å². The summed E-state index contributed by atoms with van der Waals surface area (Å²) >= 11 is 0. The summed E-state index contributed by atoms with van der Waals surface area (Å²) in [4.78, 5) is 25.6. The number of carbonyl (C=O) groups is 2. The van der Waals surface area contributed by atoms with Crippen LogP contribution in [0.2, 0.25) is 0 Å². The highest BCUT2D eigenvalue weighted by molar-refractivity contribution is 6.00. The smallest absolute Gasteiger partial charge is 0.257 e. The molecule has 8 heteroatoms.